The summed E-state index contributed by atoms with van der Waals surface area (Å²) in [5.41, 5.74) is 2.12. The van der Waals surface area contributed by atoms with Crippen LogP contribution in [0.5, 0.6) is 0 Å². The molecular weight excluding hydrogens is 276 g/mol. The minimum Gasteiger partial charge on any atom is -0.385 e. The Balaban J connectivity index is 1.87. The Morgan fingerprint density at radius 1 is 1.30 bits per heavy atom. The molecule has 0 radical (unpaired) electrons. The fourth-order valence-corrected chi connectivity index (χ4v) is 3.38. The van der Waals surface area contributed by atoms with Crippen molar-refractivity contribution in [1.82, 2.24) is 4.72 Å². The zero-order valence-corrected chi connectivity index (χ0v) is 12.6. The Morgan fingerprint density at radius 3 is 2.95 bits per heavy atom. The van der Waals surface area contributed by atoms with Gasteiger partial charge in [-0.1, -0.05) is 6.07 Å². The predicted molar refractivity (Wildman–Crippen MR) is 79.6 cm³/mol. The number of hydrogen-bond acceptors (Lipinski definition) is 4. The van der Waals surface area contributed by atoms with Crippen molar-refractivity contribution < 1.29 is 13.2 Å². The summed E-state index contributed by atoms with van der Waals surface area (Å²) in [6.45, 7) is 2.07. The van der Waals surface area contributed by atoms with Crippen molar-refractivity contribution in [1.29, 1.82) is 0 Å². The van der Waals surface area contributed by atoms with Crippen LogP contribution in [0.3, 0.4) is 0 Å². The number of fused-ring (bicyclic) bond motifs is 1. The molecule has 20 heavy (non-hydrogen) atoms. The van der Waals surface area contributed by atoms with Crippen LogP contribution < -0.4 is 10.0 Å². The molecule has 0 atom stereocenters. The van der Waals surface area contributed by atoms with Gasteiger partial charge in [-0.3, -0.25) is 0 Å². The third-order valence-corrected chi connectivity index (χ3v) is 4.88. The van der Waals surface area contributed by atoms with E-state index in [1.54, 1.807) is 19.2 Å². The lowest BCUT2D eigenvalue weighted by molar-refractivity contribution is 0.192. The van der Waals surface area contributed by atoms with Crippen LogP contribution in [-0.2, 0) is 21.2 Å². The topological polar surface area (TPSA) is 67.4 Å². The molecule has 0 aliphatic carbocycles. The number of anilines is 1. The Labute approximate surface area is 120 Å². The van der Waals surface area contributed by atoms with Gasteiger partial charge in [0.1, 0.15) is 0 Å². The maximum atomic E-state index is 12.2. The third-order valence-electron chi connectivity index (χ3n) is 3.42. The molecule has 1 aliphatic heterocycles. The first kappa shape index (κ1) is 15.3. The van der Waals surface area contributed by atoms with Gasteiger partial charge in [0.2, 0.25) is 10.0 Å². The van der Waals surface area contributed by atoms with Crippen LogP contribution in [0.15, 0.2) is 23.1 Å². The molecule has 1 aromatic carbocycles. The highest BCUT2D eigenvalue weighted by Crippen LogP contribution is 2.25. The van der Waals surface area contributed by atoms with E-state index < -0.39 is 10.0 Å². The van der Waals surface area contributed by atoms with Gasteiger partial charge < -0.3 is 10.1 Å². The Kier molecular flexibility index (Phi) is 5.39. The second-order valence-corrected chi connectivity index (χ2v) is 6.71. The first-order valence-corrected chi connectivity index (χ1v) is 8.47. The molecule has 1 aliphatic rings. The van der Waals surface area contributed by atoms with Crippen molar-refractivity contribution in [2.75, 3.05) is 32.1 Å². The first-order chi connectivity index (χ1) is 9.63. The maximum Gasteiger partial charge on any atom is 0.240 e. The number of unbranched alkanes of at least 4 members (excludes halogenated alkanes) is 2. The highest BCUT2D eigenvalue weighted by Gasteiger charge is 2.17. The third kappa shape index (κ3) is 3.94. The molecule has 1 heterocycles. The van der Waals surface area contributed by atoms with Crippen LogP contribution in [0.2, 0.25) is 0 Å². The second kappa shape index (κ2) is 7.06. The van der Waals surface area contributed by atoms with E-state index in [-0.39, 0.29) is 0 Å². The fourth-order valence-electron chi connectivity index (χ4n) is 2.28. The number of hydrogen-bond donors (Lipinski definition) is 2. The zero-order valence-electron chi connectivity index (χ0n) is 11.8. The van der Waals surface area contributed by atoms with Gasteiger partial charge in [-0.15, -0.1) is 0 Å². The summed E-state index contributed by atoms with van der Waals surface area (Å²) in [6, 6.07) is 5.29. The quantitative estimate of drug-likeness (QED) is 0.718. The smallest absolute Gasteiger partial charge is 0.240 e. The minimum atomic E-state index is -3.40. The molecule has 0 saturated carbocycles. The van der Waals surface area contributed by atoms with Gasteiger partial charge in [-0.25, -0.2) is 13.1 Å². The Bertz CT molecular complexity index is 543. The van der Waals surface area contributed by atoms with Crippen molar-refractivity contribution in [3.8, 4) is 0 Å². The molecule has 0 bridgehead atoms. The first-order valence-electron chi connectivity index (χ1n) is 6.99. The summed E-state index contributed by atoms with van der Waals surface area (Å²) in [7, 11) is -1.72. The van der Waals surface area contributed by atoms with E-state index in [9.17, 15) is 8.42 Å². The summed E-state index contributed by atoms with van der Waals surface area (Å²) in [5, 5.41) is 3.20. The van der Waals surface area contributed by atoms with E-state index in [4.69, 9.17) is 4.74 Å². The minimum absolute atomic E-state index is 0.336. The summed E-state index contributed by atoms with van der Waals surface area (Å²) >= 11 is 0. The number of rotatable bonds is 8. The highest BCUT2D eigenvalue weighted by atomic mass is 32.2. The predicted octanol–water partition coefficient (Wildman–Crippen LogP) is 1.75. The lowest BCUT2D eigenvalue weighted by Gasteiger charge is -2.08. The molecule has 0 aromatic heterocycles. The number of nitrogens with one attached hydrogen (secondary N) is 2. The number of benzene rings is 1. The molecule has 0 unspecified atom stereocenters. The standard InChI is InChI=1S/C14H22N2O3S/c1-19-10-4-2-3-8-16-20(17,18)13-6-5-12-7-9-15-14(12)11-13/h5-6,11,15-16H,2-4,7-10H2,1H3. The molecule has 0 saturated heterocycles. The Morgan fingerprint density at radius 2 is 2.15 bits per heavy atom. The van der Waals surface area contributed by atoms with E-state index in [1.807, 2.05) is 6.07 Å². The molecule has 112 valence electrons. The van der Waals surface area contributed by atoms with Crippen LogP contribution in [0, 0.1) is 0 Å². The van der Waals surface area contributed by atoms with Gasteiger partial charge in [0.15, 0.2) is 0 Å². The highest BCUT2D eigenvalue weighted by molar-refractivity contribution is 7.89. The molecule has 0 spiro atoms. The Hall–Kier alpha value is -1.11. The van der Waals surface area contributed by atoms with Crippen LogP contribution >= 0.6 is 0 Å². The lowest BCUT2D eigenvalue weighted by atomic mass is 10.2. The molecule has 0 amide bonds. The fraction of sp³-hybridized carbons (Fsp3) is 0.571. The molecule has 2 rings (SSSR count). The van der Waals surface area contributed by atoms with Crippen molar-refractivity contribution in [2.45, 2.75) is 30.6 Å². The van der Waals surface area contributed by atoms with Crippen LogP contribution in [0.25, 0.3) is 0 Å². The van der Waals surface area contributed by atoms with Gasteiger partial charge in [-0.05, 0) is 43.4 Å². The van der Waals surface area contributed by atoms with Crippen molar-refractivity contribution in [3.63, 3.8) is 0 Å². The van der Waals surface area contributed by atoms with E-state index in [1.165, 1.54) is 5.56 Å². The van der Waals surface area contributed by atoms with E-state index >= 15 is 0 Å². The van der Waals surface area contributed by atoms with Crippen LogP contribution in [0.1, 0.15) is 24.8 Å². The second-order valence-electron chi connectivity index (χ2n) is 4.95. The lowest BCUT2D eigenvalue weighted by Crippen LogP contribution is -2.24. The molecule has 6 heteroatoms. The largest absolute Gasteiger partial charge is 0.385 e. The summed E-state index contributed by atoms with van der Waals surface area (Å²) in [5.74, 6) is 0. The maximum absolute atomic E-state index is 12.2. The van der Waals surface area contributed by atoms with Gasteiger partial charge in [0.25, 0.3) is 0 Å². The average Bonchev–Trinajstić information content (AvgIpc) is 2.90. The molecule has 2 N–H and O–H groups in total. The summed E-state index contributed by atoms with van der Waals surface area (Å²) < 4.78 is 31.9. The van der Waals surface area contributed by atoms with Gasteiger partial charge >= 0.3 is 0 Å². The summed E-state index contributed by atoms with van der Waals surface area (Å²) in [6.07, 6.45) is 3.71. The molecule has 5 nitrogen and oxygen atoms in total. The normalized spacial score (nSPS) is 14.1. The monoisotopic (exact) mass is 298 g/mol. The van der Waals surface area contributed by atoms with Crippen molar-refractivity contribution >= 4 is 15.7 Å². The number of sulfonamides is 1. The van der Waals surface area contributed by atoms with Gasteiger partial charge in [0.05, 0.1) is 4.90 Å². The summed E-state index contributed by atoms with van der Waals surface area (Å²) in [4.78, 5) is 0.336. The molecular formula is C14H22N2O3S. The van der Waals surface area contributed by atoms with Crippen molar-refractivity contribution in [3.05, 3.63) is 23.8 Å². The van der Waals surface area contributed by atoms with Crippen LogP contribution in [-0.4, -0.2) is 35.2 Å². The van der Waals surface area contributed by atoms with Crippen LogP contribution in [0.4, 0.5) is 5.69 Å². The van der Waals surface area contributed by atoms with Gasteiger partial charge in [-0.2, -0.15) is 0 Å². The van der Waals surface area contributed by atoms with Crippen molar-refractivity contribution in [2.24, 2.45) is 0 Å². The van der Waals surface area contributed by atoms with E-state index in [2.05, 4.69) is 10.0 Å². The molecule has 1 aromatic rings. The van der Waals surface area contributed by atoms with E-state index in [0.29, 0.717) is 11.4 Å². The molecule has 0 fully saturated rings. The number of methoxy groups -OCH3 is 1. The number of ether oxygens (including phenoxy) is 1. The average molecular weight is 298 g/mol. The zero-order chi connectivity index (χ0) is 14.4. The SMILES string of the molecule is COCCCCCNS(=O)(=O)c1ccc2c(c1)NCC2. The van der Waals surface area contributed by atoms with Gasteiger partial charge in [0, 0.05) is 32.5 Å². The van der Waals surface area contributed by atoms with E-state index in [0.717, 1.165) is 44.5 Å².